The Morgan fingerprint density at radius 1 is 1.62 bits per heavy atom. The molecule has 1 amide bonds. The second kappa shape index (κ2) is 6.49. The van der Waals surface area contributed by atoms with Gasteiger partial charge in [0.1, 0.15) is 11.1 Å². The number of nitrogens with zero attached hydrogens (tertiary/aromatic N) is 4. The molecule has 0 aromatic carbocycles. The maximum atomic E-state index is 12.0. The molecule has 0 radical (unpaired) electrons. The molecule has 2 fully saturated rings. The molecular weight excluding hydrogens is 307 g/mol. The van der Waals surface area contributed by atoms with E-state index in [-0.39, 0.29) is 47.4 Å². The summed E-state index contributed by atoms with van der Waals surface area (Å²) in [7, 11) is 0. The fraction of sp³-hybridized carbons (Fsp3) is 0.455. The van der Waals surface area contributed by atoms with E-state index in [1.807, 2.05) is 0 Å². The van der Waals surface area contributed by atoms with E-state index < -0.39 is 12.0 Å². The molecule has 8 nitrogen and oxygen atoms in total. The van der Waals surface area contributed by atoms with Crippen LogP contribution in [-0.4, -0.2) is 60.7 Å². The SMILES string of the molecule is O=C([O-])C1CS[C@@H]2C(=Cc3cn(CCO)nn3)C(=O)N12.[Na+]. The Morgan fingerprint density at radius 2 is 2.38 bits per heavy atom. The van der Waals surface area contributed by atoms with Gasteiger partial charge >= 0.3 is 29.6 Å². The molecule has 2 saturated heterocycles. The first-order valence-electron chi connectivity index (χ1n) is 5.99. The molecule has 1 N–H and O–H groups in total. The Hall–Kier alpha value is -0.870. The number of rotatable bonds is 4. The molecule has 2 atom stereocenters. The molecule has 2 aliphatic rings. The molecule has 10 heteroatoms. The Morgan fingerprint density at radius 3 is 3.05 bits per heavy atom. The maximum absolute atomic E-state index is 12.0. The molecule has 0 aliphatic carbocycles. The Kier molecular flexibility index (Phi) is 5.10. The first-order valence-corrected chi connectivity index (χ1v) is 7.04. The first-order chi connectivity index (χ1) is 9.61. The third-order valence-electron chi connectivity index (χ3n) is 3.21. The van der Waals surface area contributed by atoms with Crippen LogP contribution in [0, 0.1) is 0 Å². The van der Waals surface area contributed by atoms with Gasteiger partial charge in [-0.15, -0.1) is 16.9 Å². The van der Waals surface area contributed by atoms with Crippen molar-refractivity contribution in [3.8, 4) is 0 Å². The van der Waals surface area contributed by atoms with E-state index in [9.17, 15) is 14.7 Å². The van der Waals surface area contributed by atoms with Gasteiger partial charge in [-0.05, 0) is 6.08 Å². The normalized spacial score (nSPS) is 25.5. The van der Waals surface area contributed by atoms with Crippen LogP contribution in [0.2, 0.25) is 0 Å². The van der Waals surface area contributed by atoms with Crippen LogP contribution in [-0.2, 0) is 16.1 Å². The average molecular weight is 318 g/mol. The van der Waals surface area contributed by atoms with E-state index in [0.717, 1.165) is 0 Å². The number of aliphatic hydroxyl groups excluding tert-OH is 1. The zero-order valence-electron chi connectivity index (χ0n) is 11.3. The predicted molar refractivity (Wildman–Crippen MR) is 67.0 cm³/mol. The van der Waals surface area contributed by atoms with Gasteiger partial charge in [0.2, 0.25) is 0 Å². The Bertz CT molecular complexity index is 605. The van der Waals surface area contributed by atoms with Gasteiger partial charge in [0.05, 0.1) is 36.9 Å². The second-order valence-corrected chi connectivity index (χ2v) is 5.58. The van der Waals surface area contributed by atoms with Crippen LogP contribution in [0.3, 0.4) is 0 Å². The molecule has 1 aromatic heterocycles. The minimum Gasteiger partial charge on any atom is -0.548 e. The summed E-state index contributed by atoms with van der Waals surface area (Å²) in [5, 5.41) is 27.1. The summed E-state index contributed by atoms with van der Waals surface area (Å²) in [6.07, 6.45) is 3.23. The van der Waals surface area contributed by atoms with E-state index in [4.69, 9.17) is 5.11 Å². The van der Waals surface area contributed by atoms with Crippen molar-refractivity contribution in [1.29, 1.82) is 0 Å². The quantitative estimate of drug-likeness (QED) is 0.335. The van der Waals surface area contributed by atoms with Crippen LogP contribution in [0.1, 0.15) is 5.69 Å². The van der Waals surface area contributed by atoms with Gasteiger partial charge in [0.15, 0.2) is 0 Å². The van der Waals surface area contributed by atoms with Gasteiger partial charge in [-0.2, -0.15) is 0 Å². The summed E-state index contributed by atoms with van der Waals surface area (Å²) < 4.78 is 1.47. The van der Waals surface area contributed by atoms with Gasteiger partial charge in [-0.3, -0.25) is 4.79 Å². The van der Waals surface area contributed by atoms with Gasteiger partial charge in [0.25, 0.3) is 5.91 Å². The van der Waals surface area contributed by atoms with Gasteiger partial charge < -0.3 is 19.9 Å². The van der Waals surface area contributed by atoms with Crippen LogP contribution < -0.4 is 34.7 Å². The molecule has 2 aliphatic heterocycles. The number of fused-ring (bicyclic) bond motifs is 1. The minimum absolute atomic E-state index is 0. The van der Waals surface area contributed by atoms with Gasteiger partial charge in [-0.25, -0.2) is 4.68 Å². The molecule has 3 heterocycles. The van der Waals surface area contributed by atoms with Crippen LogP contribution in [0.4, 0.5) is 0 Å². The number of carbonyl (C=O) groups is 2. The van der Waals surface area contributed by atoms with Crippen molar-refractivity contribution >= 4 is 29.7 Å². The molecular formula is C11H11N4NaO4S. The van der Waals surface area contributed by atoms with E-state index in [0.29, 0.717) is 23.6 Å². The number of aromatic nitrogens is 3. The largest absolute Gasteiger partial charge is 1.00 e. The Labute approximate surface area is 146 Å². The van der Waals surface area contributed by atoms with Crippen molar-refractivity contribution in [2.24, 2.45) is 0 Å². The third kappa shape index (κ3) is 2.88. The number of aliphatic hydroxyl groups is 1. The number of thioether (sulfide) groups is 1. The fourth-order valence-corrected chi connectivity index (χ4v) is 3.66. The van der Waals surface area contributed by atoms with Gasteiger partial charge in [-0.1, -0.05) is 5.21 Å². The second-order valence-electron chi connectivity index (χ2n) is 4.46. The smallest absolute Gasteiger partial charge is 0.548 e. The fourth-order valence-electron chi connectivity index (χ4n) is 2.25. The Balaban J connectivity index is 0.00000161. The number of hydrogen-bond acceptors (Lipinski definition) is 7. The summed E-state index contributed by atoms with van der Waals surface area (Å²) >= 11 is 1.40. The average Bonchev–Trinajstić information content (AvgIpc) is 3.00. The van der Waals surface area contributed by atoms with Crippen molar-refractivity contribution in [3.63, 3.8) is 0 Å². The number of carboxylic acids is 1. The molecule has 21 heavy (non-hydrogen) atoms. The molecule has 106 valence electrons. The predicted octanol–water partition coefficient (Wildman–Crippen LogP) is -5.31. The van der Waals surface area contributed by atoms with Crippen LogP contribution in [0.25, 0.3) is 6.08 Å². The van der Waals surface area contributed by atoms with E-state index in [1.54, 1.807) is 12.3 Å². The molecule has 0 saturated carbocycles. The van der Waals surface area contributed by atoms with Crippen LogP contribution in [0.15, 0.2) is 11.8 Å². The summed E-state index contributed by atoms with van der Waals surface area (Å²) in [6.45, 7) is 0.291. The van der Waals surface area contributed by atoms with Crippen molar-refractivity contribution in [3.05, 3.63) is 17.5 Å². The van der Waals surface area contributed by atoms with Gasteiger partial charge in [0, 0.05) is 5.75 Å². The van der Waals surface area contributed by atoms with E-state index >= 15 is 0 Å². The maximum Gasteiger partial charge on any atom is 1.00 e. The molecule has 1 aromatic rings. The zero-order valence-corrected chi connectivity index (χ0v) is 14.1. The van der Waals surface area contributed by atoms with Crippen molar-refractivity contribution < 1.29 is 49.4 Å². The number of carbonyl (C=O) groups excluding carboxylic acids is 2. The van der Waals surface area contributed by atoms with Crippen molar-refractivity contribution in [2.45, 2.75) is 18.0 Å². The monoisotopic (exact) mass is 318 g/mol. The molecule has 3 rings (SSSR count). The topological polar surface area (TPSA) is 111 Å². The van der Waals surface area contributed by atoms with Crippen LogP contribution >= 0.6 is 11.8 Å². The van der Waals surface area contributed by atoms with E-state index in [1.165, 1.54) is 21.3 Å². The number of β-lactam (4-membered cyclic amide) rings is 1. The third-order valence-corrected chi connectivity index (χ3v) is 4.51. The molecule has 1 unspecified atom stereocenters. The van der Waals surface area contributed by atoms with Crippen LogP contribution in [0.5, 0.6) is 0 Å². The van der Waals surface area contributed by atoms with Crippen molar-refractivity contribution in [2.75, 3.05) is 12.4 Å². The number of hydrogen-bond donors (Lipinski definition) is 1. The summed E-state index contributed by atoms with van der Waals surface area (Å²) in [6, 6.07) is -0.847. The number of carboxylic acid groups (broad SMARTS) is 1. The first kappa shape index (κ1) is 16.5. The summed E-state index contributed by atoms with van der Waals surface area (Å²) in [5.74, 6) is -1.18. The van der Waals surface area contributed by atoms with E-state index in [2.05, 4.69) is 10.3 Å². The zero-order chi connectivity index (χ0) is 14.3. The molecule has 0 bridgehead atoms. The standard InChI is InChI=1S/C11H12N4O4S.Na/c16-2-1-14-4-6(12-13-14)3-7-9(17)15-8(11(18)19)5-20-10(7)15;/h3-4,8,10,16H,1-2,5H2,(H,18,19);/q;+1/p-1/t8?,10-;/m1./s1. The number of amides is 1. The minimum atomic E-state index is -1.22. The number of aliphatic carboxylic acids is 1. The van der Waals surface area contributed by atoms with Crippen molar-refractivity contribution in [1.82, 2.24) is 19.9 Å². The summed E-state index contributed by atoms with van der Waals surface area (Å²) in [4.78, 5) is 24.2. The molecule has 0 spiro atoms. The summed E-state index contributed by atoms with van der Waals surface area (Å²) in [5.41, 5.74) is 1.04.